The lowest BCUT2D eigenvalue weighted by molar-refractivity contribution is 0.647. The molecule has 0 atom stereocenters. The van der Waals surface area contributed by atoms with Crippen LogP contribution in [-0.4, -0.2) is 36.1 Å². The Morgan fingerprint density at radius 1 is 0.889 bits per heavy atom. The predicted molar refractivity (Wildman–Crippen MR) is 112 cm³/mol. The molecule has 1 N–H and O–H groups in total. The van der Waals surface area contributed by atoms with Crippen LogP contribution in [0.4, 0.5) is 23.0 Å². The molecule has 1 aliphatic rings. The van der Waals surface area contributed by atoms with Gasteiger partial charge in [0.1, 0.15) is 18.0 Å². The summed E-state index contributed by atoms with van der Waals surface area (Å²) in [7, 11) is 0. The van der Waals surface area contributed by atoms with Gasteiger partial charge in [0.05, 0.1) is 0 Å². The fourth-order valence-electron chi connectivity index (χ4n) is 3.24. The van der Waals surface area contributed by atoms with Crippen molar-refractivity contribution in [3.8, 4) is 0 Å². The molecule has 4 rings (SSSR count). The molecule has 2 aromatic carbocycles. The van der Waals surface area contributed by atoms with Crippen molar-refractivity contribution in [3.63, 3.8) is 0 Å². The molecular formula is C21H22ClN5. The van der Waals surface area contributed by atoms with Crippen LogP contribution in [0.25, 0.3) is 0 Å². The minimum atomic E-state index is 0.776. The smallest absolute Gasteiger partial charge is 0.135 e. The van der Waals surface area contributed by atoms with Crippen molar-refractivity contribution in [1.29, 1.82) is 0 Å². The number of aromatic nitrogens is 2. The number of halogens is 1. The topological polar surface area (TPSA) is 44.3 Å². The maximum absolute atomic E-state index is 6.12. The van der Waals surface area contributed by atoms with Gasteiger partial charge in [-0.3, -0.25) is 0 Å². The molecule has 27 heavy (non-hydrogen) atoms. The molecule has 1 aromatic heterocycles. The maximum atomic E-state index is 6.12. The first kappa shape index (κ1) is 17.6. The molecule has 0 bridgehead atoms. The highest BCUT2D eigenvalue weighted by molar-refractivity contribution is 6.30. The molecule has 5 nitrogen and oxygen atoms in total. The largest absolute Gasteiger partial charge is 0.368 e. The van der Waals surface area contributed by atoms with E-state index in [1.54, 1.807) is 6.33 Å². The van der Waals surface area contributed by atoms with E-state index in [-0.39, 0.29) is 0 Å². The summed E-state index contributed by atoms with van der Waals surface area (Å²) < 4.78 is 0. The lowest BCUT2D eigenvalue weighted by atomic mass is 10.2. The van der Waals surface area contributed by atoms with Gasteiger partial charge in [-0.15, -0.1) is 0 Å². The van der Waals surface area contributed by atoms with Crippen molar-refractivity contribution < 1.29 is 0 Å². The first-order chi connectivity index (χ1) is 13.2. The van der Waals surface area contributed by atoms with E-state index in [1.807, 2.05) is 24.3 Å². The number of anilines is 4. The summed E-state index contributed by atoms with van der Waals surface area (Å²) in [5, 5.41) is 4.12. The number of hydrogen-bond donors (Lipinski definition) is 1. The van der Waals surface area contributed by atoms with Crippen LogP contribution in [0.3, 0.4) is 0 Å². The van der Waals surface area contributed by atoms with Gasteiger partial charge in [-0.25, -0.2) is 9.97 Å². The normalized spacial score (nSPS) is 14.3. The second kappa shape index (κ2) is 7.84. The molecule has 1 saturated heterocycles. The minimum Gasteiger partial charge on any atom is -0.368 e. The highest BCUT2D eigenvalue weighted by atomic mass is 35.5. The Morgan fingerprint density at radius 2 is 1.63 bits per heavy atom. The zero-order valence-electron chi connectivity index (χ0n) is 15.3. The van der Waals surface area contributed by atoms with Crippen LogP contribution in [0.15, 0.2) is 60.9 Å². The number of hydrogen-bond acceptors (Lipinski definition) is 5. The molecule has 0 saturated carbocycles. The number of rotatable bonds is 4. The zero-order chi connectivity index (χ0) is 18.6. The number of nitrogens with zero attached hydrogens (tertiary/aromatic N) is 4. The van der Waals surface area contributed by atoms with Crippen molar-refractivity contribution in [1.82, 2.24) is 9.97 Å². The van der Waals surface area contributed by atoms with Gasteiger partial charge < -0.3 is 15.1 Å². The lowest BCUT2D eigenvalue weighted by Crippen LogP contribution is -2.46. The third-order valence-corrected chi connectivity index (χ3v) is 4.99. The second-order valence-corrected chi connectivity index (χ2v) is 7.14. The van der Waals surface area contributed by atoms with Gasteiger partial charge in [-0.2, -0.15) is 0 Å². The summed E-state index contributed by atoms with van der Waals surface area (Å²) in [6, 6.07) is 18.3. The van der Waals surface area contributed by atoms with Crippen LogP contribution < -0.4 is 15.1 Å². The van der Waals surface area contributed by atoms with E-state index in [4.69, 9.17) is 11.6 Å². The van der Waals surface area contributed by atoms with Gasteiger partial charge in [-0.05, 0) is 37.3 Å². The van der Waals surface area contributed by atoms with Crippen molar-refractivity contribution in [2.45, 2.75) is 6.92 Å². The van der Waals surface area contributed by atoms with Gasteiger partial charge in [-0.1, -0.05) is 35.4 Å². The van der Waals surface area contributed by atoms with E-state index in [1.165, 1.54) is 11.3 Å². The fraction of sp³-hybridized carbons (Fsp3) is 0.238. The standard InChI is InChI=1S/C21H22ClN5/c1-16-5-7-18(8-6-16)25-20-14-21(24-15-23-20)27-11-9-26(10-12-27)19-4-2-3-17(22)13-19/h2-8,13-15H,9-12H2,1H3,(H,23,24,25). The van der Waals surface area contributed by atoms with E-state index in [2.05, 4.69) is 62.3 Å². The zero-order valence-corrected chi connectivity index (χ0v) is 16.0. The molecule has 138 valence electrons. The number of benzene rings is 2. The molecule has 3 aromatic rings. The molecule has 0 amide bonds. The molecule has 6 heteroatoms. The van der Waals surface area contributed by atoms with Crippen LogP contribution in [0, 0.1) is 6.92 Å². The Morgan fingerprint density at radius 3 is 2.37 bits per heavy atom. The minimum absolute atomic E-state index is 0.776. The van der Waals surface area contributed by atoms with Crippen LogP contribution in [0.2, 0.25) is 5.02 Å². The molecule has 1 aliphatic heterocycles. The van der Waals surface area contributed by atoms with Crippen molar-refractivity contribution in [2.24, 2.45) is 0 Å². The number of aryl methyl sites for hydroxylation is 1. The summed E-state index contributed by atoms with van der Waals surface area (Å²) >= 11 is 6.12. The molecule has 0 spiro atoms. The van der Waals surface area contributed by atoms with E-state index in [9.17, 15) is 0 Å². The first-order valence-corrected chi connectivity index (χ1v) is 9.46. The van der Waals surface area contributed by atoms with Crippen LogP contribution in [0.1, 0.15) is 5.56 Å². The summed E-state index contributed by atoms with van der Waals surface area (Å²) in [4.78, 5) is 13.5. The Balaban J connectivity index is 1.42. The van der Waals surface area contributed by atoms with E-state index in [0.717, 1.165) is 48.5 Å². The molecular weight excluding hydrogens is 358 g/mol. The molecule has 0 radical (unpaired) electrons. The first-order valence-electron chi connectivity index (χ1n) is 9.08. The molecule has 0 aliphatic carbocycles. The quantitative estimate of drug-likeness (QED) is 0.722. The van der Waals surface area contributed by atoms with E-state index in [0.29, 0.717) is 0 Å². The fourth-order valence-corrected chi connectivity index (χ4v) is 3.42. The Kier molecular flexibility index (Phi) is 5.12. The number of piperazine rings is 1. The average Bonchev–Trinajstić information content (AvgIpc) is 2.70. The van der Waals surface area contributed by atoms with Gasteiger partial charge in [0.25, 0.3) is 0 Å². The van der Waals surface area contributed by atoms with Crippen molar-refractivity contribution >= 4 is 34.6 Å². The van der Waals surface area contributed by atoms with Gasteiger partial charge >= 0.3 is 0 Å². The van der Waals surface area contributed by atoms with Gasteiger partial charge in [0, 0.05) is 48.6 Å². The van der Waals surface area contributed by atoms with Crippen LogP contribution in [0.5, 0.6) is 0 Å². The highest BCUT2D eigenvalue weighted by Gasteiger charge is 2.19. The predicted octanol–water partition coefficient (Wildman–Crippen LogP) is 4.51. The average molecular weight is 380 g/mol. The third kappa shape index (κ3) is 4.31. The maximum Gasteiger partial charge on any atom is 0.135 e. The highest BCUT2D eigenvalue weighted by Crippen LogP contribution is 2.23. The van der Waals surface area contributed by atoms with Crippen molar-refractivity contribution in [2.75, 3.05) is 41.3 Å². The second-order valence-electron chi connectivity index (χ2n) is 6.71. The molecule has 1 fully saturated rings. The van der Waals surface area contributed by atoms with Crippen LogP contribution >= 0.6 is 11.6 Å². The van der Waals surface area contributed by atoms with Crippen LogP contribution in [-0.2, 0) is 0 Å². The Hall–Kier alpha value is -2.79. The number of nitrogens with one attached hydrogen (secondary N) is 1. The molecule has 2 heterocycles. The lowest BCUT2D eigenvalue weighted by Gasteiger charge is -2.36. The summed E-state index contributed by atoms with van der Waals surface area (Å²) in [6.45, 7) is 5.77. The summed E-state index contributed by atoms with van der Waals surface area (Å²) in [5.41, 5.74) is 3.43. The SMILES string of the molecule is Cc1ccc(Nc2cc(N3CCN(c4cccc(Cl)c4)CC3)ncn2)cc1. The van der Waals surface area contributed by atoms with E-state index >= 15 is 0 Å². The van der Waals surface area contributed by atoms with Gasteiger partial charge in [0.2, 0.25) is 0 Å². The summed E-state index contributed by atoms with van der Waals surface area (Å²) in [5.74, 6) is 1.76. The Bertz CT molecular complexity index is 904. The van der Waals surface area contributed by atoms with Gasteiger partial charge in [0.15, 0.2) is 0 Å². The Labute approximate surface area is 164 Å². The van der Waals surface area contributed by atoms with Crippen molar-refractivity contribution in [3.05, 3.63) is 71.5 Å². The van der Waals surface area contributed by atoms with E-state index < -0.39 is 0 Å². The third-order valence-electron chi connectivity index (χ3n) is 4.75. The monoisotopic (exact) mass is 379 g/mol. The summed E-state index contributed by atoms with van der Waals surface area (Å²) in [6.07, 6.45) is 1.62. The molecule has 0 unspecified atom stereocenters.